The van der Waals surface area contributed by atoms with Crippen LogP contribution in [0.1, 0.15) is 29.8 Å². The van der Waals surface area contributed by atoms with Gasteiger partial charge in [0.2, 0.25) is 0 Å². The summed E-state index contributed by atoms with van der Waals surface area (Å²) in [7, 11) is 0. The molecule has 0 aromatic carbocycles. The number of halogens is 1. The molecule has 1 fully saturated rings. The number of hydrogen-bond acceptors (Lipinski definition) is 4. The van der Waals surface area contributed by atoms with Crippen molar-refractivity contribution in [3.05, 3.63) is 24.3 Å². The van der Waals surface area contributed by atoms with Gasteiger partial charge in [0.15, 0.2) is 0 Å². The van der Waals surface area contributed by atoms with E-state index in [0.717, 1.165) is 13.0 Å². The predicted octanol–water partition coefficient (Wildman–Crippen LogP) is 0.770. The van der Waals surface area contributed by atoms with E-state index in [4.69, 9.17) is 0 Å². The Hall–Kier alpha value is -1.20. The van der Waals surface area contributed by atoms with Crippen molar-refractivity contribution in [1.29, 1.82) is 0 Å². The van der Waals surface area contributed by atoms with Crippen molar-refractivity contribution in [3.8, 4) is 0 Å². The minimum absolute atomic E-state index is 0. The van der Waals surface area contributed by atoms with Crippen LogP contribution in [0.2, 0.25) is 0 Å². The first-order valence-corrected chi connectivity index (χ1v) is 5.64. The van der Waals surface area contributed by atoms with Gasteiger partial charge in [0.05, 0.1) is 6.20 Å². The molecule has 1 aromatic rings. The quantitative estimate of drug-likeness (QED) is 0.838. The molecule has 94 valence electrons. The molecular weight excluding hydrogens is 240 g/mol. The van der Waals surface area contributed by atoms with E-state index in [0.29, 0.717) is 18.3 Å². The third-order valence-electron chi connectivity index (χ3n) is 2.72. The first-order valence-electron chi connectivity index (χ1n) is 5.64. The lowest BCUT2D eigenvalue weighted by Gasteiger charge is -2.23. The predicted molar refractivity (Wildman–Crippen MR) is 67.3 cm³/mol. The van der Waals surface area contributed by atoms with Crippen LogP contribution in [0.15, 0.2) is 18.6 Å². The summed E-state index contributed by atoms with van der Waals surface area (Å²) < 4.78 is 0. The lowest BCUT2D eigenvalue weighted by atomic mass is 10.1. The average molecular weight is 257 g/mol. The summed E-state index contributed by atoms with van der Waals surface area (Å²) in [4.78, 5) is 19.5. The Kier molecular flexibility index (Phi) is 5.86. The van der Waals surface area contributed by atoms with Crippen LogP contribution in [0.25, 0.3) is 0 Å². The van der Waals surface area contributed by atoms with Gasteiger partial charge in [-0.05, 0) is 19.4 Å². The highest BCUT2D eigenvalue weighted by molar-refractivity contribution is 5.91. The molecule has 1 saturated heterocycles. The third-order valence-corrected chi connectivity index (χ3v) is 2.72. The zero-order valence-corrected chi connectivity index (χ0v) is 10.4. The number of nitrogens with one attached hydrogen (secondary N) is 2. The van der Waals surface area contributed by atoms with Gasteiger partial charge >= 0.3 is 0 Å². The summed E-state index contributed by atoms with van der Waals surface area (Å²) >= 11 is 0. The molecule has 2 N–H and O–H groups in total. The maximum Gasteiger partial charge on any atom is 0.271 e. The van der Waals surface area contributed by atoms with Gasteiger partial charge in [-0.2, -0.15) is 0 Å². The van der Waals surface area contributed by atoms with Crippen LogP contribution >= 0.6 is 12.4 Å². The first kappa shape index (κ1) is 13.9. The van der Waals surface area contributed by atoms with Crippen molar-refractivity contribution in [3.63, 3.8) is 0 Å². The van der Waals surface area contributed by atoms with E-state index in [9.17, 15) is 4.79 Å². The molecule has 0 spiro atoms. The Bertz CT molecular complexity index is 341. The fraction of sp³-hybridized carbons (Fsp3) is 0.545. The fourth-order valence-electron chi connectivity index (χ4n) is 1.82. The standard InChI is InChI=1S/C11H16N4O.ClH/c16-11(10-8-12-5-6-14-10)15-7-9-3-1-2-4-13-9;/h5-6,8-9,13H,1-4,7H2,(H,15,16);1H. The summed E-state index contributed by atoms with van der Waals surface area (Å²) in [5, 5.41) is 6.24. The van der Waals surface area contributed by atoms with Crippen molar-refractivity contribution in [2.45, 2.75) is 25.3 Å². The third kappa shape index (κ3) is 4.28. The average Bonchev–Trinajstić information content (AvgIpc) is 2.38. The van der Waals surface area contributed by atoms with Gasteiger partial charge in [-0.3, -0.25) is 9.78 Å². The smallest absolute Gasteiger partial charge is 0.271 e. The molecule has 1 aromatic heterocycles. The molecule has 1 unspecified atom stereocenters. The Labute approximate surface area is 107 Å². The molecule has 17 heavy (non-hydrogen) atoms. The summed E-state index contributed by atoms with van der Waals surface area (Å²) in [5.41, 5.74) is 0.373. The van der Waals surface area contributed by atoms with Crippen LogP contribution in [0.5, 0.6) is 0 Å². The van der Waals surface area contributed by atoms with E-state index in [1.54, 1.807) is 6.20 Å². The topological polar surface area (TPSA) is 66.9 Å². The second kappa shape index (κ2) is 7.19. The molecule has 0 radical (unpaired) electrons. The van der Waals surface area contributed by atoms with Gasteiger partial charge in [0, 0.05) is 25.0 Å². The molecule has 1 amide bonds. The van der Waals surface area contributed by atoms with Crippen LogP contribution in [0, 0.1) is 0 Å². The summed E-state index contributed by atoms with van der Waals surface area (Å²) in [6.07, 6.45) is 8.14. The summed E-state index contributed by atoms with van der Waals surface area (Å²) in [6.45, 7) is 1.71. The fourth-order valence-corrected chi connectivity index (χ4v) is 1.82. The summed E-state index contributed by atoms with van der Waals surface area (Å²) in [6, 6.07) is 0.398. The number of aromatic nitrogens is 2. The SMILES string of the molecule is Cl.O=C(NCC1CCCCN1)c1cnccn1. The van der Waals surface area contributed by atoms with Gasteiger partial charge in [-0.1, -0.05) is 6.42 Å². The highest BCUT2D eigenvalue weighted by Gasteiger charge is 2.14. The van der Waals surface area contributed by atoms with Crippen LogP contribution in [-0.4, -0.2) is 35.0 Å². The monoisotopic (exact) mass is 256 g/mol. The number of carbonyl (C=O) groups is 1. The maximum atomic E-state index is 11.6. The summed E-state index contributed by atoms with van der Waals surface area (Å²) in [5.74, 6) is -0.152. The van der Waals surface area contributed by atoms with Crippen LogP contribution in [-0.2, 0) is 0 Å². The van der Waals surface area contributed by atoms with Crippen LogP contribution in [0.3, 0.4) is 0 Å². The molecule has 0 bridgehead atoms. The van der Waals surface area contributed by atoms with Gasteiger partial charge in [0.1, 0.15) is 5.69 Å². The lowest BCUT2D eigenvalue weighted by Crippen LogP contribution is -2.43. The molecular formula is C11H17ClN4O. The van der Waals surface area contributed by atoms with E-state index in [1.165, 1.54) is 25.2 Å². The molecule has 0 aliphatic carbocycles. The molecule has 1 aliphatic rings. The van der Waals surface area contributed by atoms with Crippen molar-refractivity contribution in [1.82, 2.24) is 20.6 Å². The number of amides is 1. The number of nitrogens with zero attached hydrogens (tertiary/aromatic N) is 2. The molecule has 2 heterocycles. The van der Waals surface area contributed by atoms with Crippen LogP contribution < -0.4 is 10.6 Å². The highest BCUT2D eigenvalue weighted by Crippen LogP contribution is 2.05. The van der Waals surface area contributed by atoms with Gasteiger partial charge < -0.3 is 10.6 Å². The molecule has 6 heteroatoms. The Morgan fingerprint density at radius 2 is 2.35 bits per heavy atom. The number of rotatable bonds is 3. The number of hydrogen-bond donors (Lipinski definition) is 2. The van der Waals surface area contributed by atoms with E-state index >= 15 is 0 Å². The van der Waals surface area contributed by atoms with Crippen molar-refractivity contribution in [2.75, 3.05) is 13.1 Å². The largest absolute Gasteiger partial charge is 0.349 e. The molecule has 1 aliphatic heterocycles. The second-order valence-corrected chi connectivity index (χ2v) is 3.95. The molecule has 0 saturated carbocycles. The zero-order chi connectivity index (χ0) is 11.2. The molecule has 1 atom stereocenters. The maximum absolute atomic E-state index is 11.6. The van der Waals surface area contributed by atoms with E-state index in [2.05, 4.69) is 20.6 Å². The van der Waals surface area contributed by atoms with Gasteiger partial charge in [0.25, 0.3) is 5.91 Å². The van der Waals surface area contributed by atoms with E-state index < -0.39 is 0 Å². The normalized spacial score (nSPS) is 19.2. The minimum atomic E-state index is -0.152. The van der Waals surface area contributed by atoms with E-state index in [-0.39, 0.29) is 18.3 Å². The Morgan fingerprint density at radius 1 is 1.47 bits per heavy atom. The zero-order valence-electron chi connectivity index (χ0n) is 9.56. The lowest BCUT2D eigenvalue weighted by molar-refractivity contribution is 0.0942. The Balaban J connectivity index is 0.00000144. The Morgan fingerprint density at radius 3 is 3.00 bits per heavy atom. The van der Waals surface area contributed by atoms with E-state index in [1.807, 2.05) is 0 Å². The molecule has 5 nitrogen and oxygen atoms in total. The van der Waals surface area contributed by atoms with Crippen molar-refractivity contribution < 1.29 is 4.79 Å². The van der Waals surface area contributed by atoms with Gasteiger partial charge in [-0.25, -0.2) is 4.98 Å². The molecule has 2 rings (SSSR count). The number of piperidine rings is 1. The van der Waals surface area contributed by atoms with Crippen molar-refractivity contribution >= 4 is 18.3 Å². The number of carbonyl (C=O) groups excluding carboxylic acids is 1. The second-order valence-electron chi connectivity index (χ2n) is 3.95. The van der Waals surface area contributed by atoms with Gasteiger partial charge in [-0.15, -0.1) is 12.4 Å². The highest BCUT2D eigenvalue weighted by atomic mass is 35.5. The first-order chi connectivity index (χ1) is 7.86. The minimum Gasteiger partial charge on any atom is -0.349 e. The van der Waals surface area contributed by atoms with Crippen molar-refractivity contribution in [2.24, 2.45) is 0 Å². The van der Waals surface area contributed by atoms with Crippen LogP contribution in [0.4, 0.5) is 0 Å².